The van der Waals surface area contributed by atoms with Crippen molar-refractivity contribution in [3.05, 3.63) is 59.4 Å². The highest BCUT2D eigenvalue weighted by Crippen LogP contribution is 2.20. The smallest absolute Gasteiger partial charge is 0.340 e. The fraction of sp³-hybridized carbons (Fsp3) is 0.133. The largest absolute Gasteiger partial charge is 0.497 e. The molecule has 4 nitrogen and oxygen atoms in total. The number of halogens is 1. The Balaban J connectivity index is 2.08. The monoisotopic (exact) mass is 275 g/mol. The van der Waals surface area contributed by atoms with Gasteiger partial charge in [-0.25, -0.2) is 9.18 Å². The number of methoxy groups -OCH3 is 1. The van der Waals surface area contributed by atoms with E-state index in [2.05, 4.69) is 0 Å². The van der Waals surface area contributed by atoms with E-state index >= 15 is 0 Å². The van der Waals surface area contributed by atoms with E-state index in [0.717, 1.165) is 0 Å². The van der Waals surface area contributed by atoms with Gasteiger partial charge in [-0.05, 0) is 35.9 Å². The average molecular weight is 275 g/mol. The second kappa shape index (κ2) is 6.06. The second-order valence-corrected chi connectivity index (χ2v) is 4.16. The molecular formula is C15H14FNO3. The molecule has 0 aromatic heterocycles. The quantitative estimate of drug-likeness (QED) is 0.688. The number of carbonyl (C=O) groups excluding carboxylic acids is 1. The van der Waals surface area contributed by atoms with Crippen LogP contribution in [0.3, 0.4) is 0 Å². The van der Waals surface area contributed by atoms with Crippen molar-refractivity contribution in [3.63, 3.8) is 0 Å². The minimum Gasteiger partial charge on any atom is -0.497 e. The number of anilines is 1. The van der Waals surface area contributed by atoms with Gasteiger partial charge in [-0.2, -0.15) is 0 Å². The van der Waals surface area contributed by atoms with Crippen LogP contribution in [0.1, 0.15) is 15.9 Å². The number of rotatable bonds is 4. The van der Waals surface area contributed by atoms with Gasteiger partial charge < -0.3 is 15.2 Å². The molecule has 0 atom stereocenters. The Morgan fingerprint density at radius 1 is 1.25 bits per heavy atom. The van der Waals surface area contributed by atoms with Gasteiger partial charge in [-0.1, -0.05) is 12.1 Å². The third-order valence-electron chi connectivity index (χ3n) is 2.74. The molecule has 0 amide bonds. The fourth-order valence-corrected chi connectivity index (χ4v) is 1.69. The molecule has 0 unspecified atom stereocenters. The summed E-state index contributed by atoms with van der Waals surface area (Å²) in [5.74, 6) is -0.443. The molecule has 2 aromatic rings. The highest BCUT2D eigenvalue weighted by atomic mass is 19.1. The summed E-state index contributed by atoms with van der Waals surface area (Å²) in [6, 6.07) is 10.6. The molecular weight excluding hydrogens is 261 g/mol. The number of nitrogens with two attached hydrogens (primary N) is 1. The molecule has 5 heteroatoms. The van der Waals surface area contributed by atoms with Gasteiger partial charge in [0.1, 0.15) is 18.2 Å². The molecule has 0 saturated heterocycles. The molecule has 0 radical (unpaired) electrons. The number of ether oxygens (including phenoxy) is 2. The summed E-state index contributed by atoms with van der Waals surface area (Å²) < 4.78 is 23.1. The van der Waals surface area contributed by atoms with Gasteiger partial charge in [0.05, 0.1) is 12.7 Å². The van der Waals surface area contributed by atoms with Crippen LogP contribution < -0.4 is 10.5 Å². The van der Waals surface area contributed by atoms with Crippen molar-refractivity contribution < 1.29 is 18.7 Å². The van der Waals surface area contributed by atoms with Crippen LogP contribution in [0.5, 0.6) is 5.75 Å². The molecule has 0 fully saturated rings. The van der Waals surface area contributed by atoms with Gasteiger partial charge in [0.2, 0.25) is 0 Å². The van der Waals surface area contributed by atoms with Crippen LogP contribution in [-0.2, 0) is 11.3 Å². The number of carbonyl (C=O) groups is 1. The number of esters is 1. The molecule has 0 spiro atoms. The van der Waals surface area contributed by atoms with Crippen molar-refractivity contribution in [2.75, 3.05) is 12.8 Å². The van der Waals surface area contributed by atoms with Gasteiger partial charge in [0.15, 0.2) is 0 Å². The summed E-state index contributed by atoms with van der Waals surface area (Å²) in [5, 5.41) is 0. The lowest BCUT2D eigenvalue weighted by molar-refractivity contribution is 0.0473. The van der Waals surface area contributed by atoms with E-state index in [9.17, 15) is 9.18 Å². The summed E-state index contributed by atoms with van der Waals surface area (Å²) in [6.07, 6.45) is 0. The van der Waals surface area contributed by atoms with E-state index in [0.29, 0.717) is 17.0 Å². The van der Waals surface area contributed by atoms with Crippen LogP contribution in [0.2, 0.25) is 0 Å². The topological polar surface area (TPSA) is 61.5 Å². The standard InChI is InChI=1S/C15H14FNO3/c1-19-12-5-6-14(17)13(8-12)15(18)20-9-10-3-2-4-11(16)7-10/h2-8H,9,17H2,1H3. The Labute approximate surface area is 115 Å². The number of hydrogen-bond acceptors (Lipinski definition) is 4. The first-order valence-electron chi connectivity index (χ1n) is 5.95. The predicted octanol–water partition coefficient (Wildman–Crippen LogP) is 2.77. The SMILES string of the molecule is COc1ccc(N)c(C(=O)OCc2cccc(F)c2)c1. The van der Waals surface area contributed by atoms with Crippen molar-refractivity contribution in [2.24, 2.45) is 0 Å². The second-order valence-electron chi connectivity index (χ2n) is 4.16. The van der Waals surface area contributed by atoms with E-state index in [4.69, 9.17) is 15.2 Å². The third kappa shape index (κ3) is 3.26. The zero-order valence-electron chi connectivity index (χ0n) is 10.9. The minimum atomic E-state index is -0.578. The van der Waals surface area contributed by atoms with E-state index < -0.39 is 5.97 Å². The highest BCUT2D eigenvalue weighted by Gasteiger charge is 2.12. The van der Waals surface area contributed by atoms with E-state index in [1.807, 2.05) is 0 Å². The van der Waals surface area contributed by atoms with Gasteiger partial charge in [-0.3, -0.25) is 0 Å². The summed E-state index contributed by atoms with van der Waals surface area (Å²) >= 11 is 0. The van der Waals surface area contributed by atoms with E-state index in [-0.39, 0.29) is 18.0 Å². The van der Waals surface area contributed by atoms with E-state index in [1.54, 1.807) is 24.3 Å². The first-order chi connectivity index (χ1) is 9.60. The molecule has 0 aliphatic carbocycles. The maximum Gasteiger partial charge on any atom is 0.340 e. The van der Waals surface area contributed by atoms with Crippen LogP contribution in [0.15, 0.2) is 42.5 Å². The molecule has 0 saturated carbocycles. The fourth-order valence-electron chi connectivity index (χ4n) is 1.69. The molecule has 0 heterocycles. The summed E-state index contributed by atoms with van der Waals surface area (Å²) in [5.41, 5.74) is 6.81. The lowest BCUT2D eigenvalue weighted by atomic mass is 10.1. The predicted molar refractivity (Wildman–Crippen MR) is 72.9 cm³/mol. The minimum absolute atomic E-state index is 0.0206. The first kappa shape index (κ1) is 13.9. The van der Waals surface area contributed by atoms with Gasteiger partial charge in [0.25, 0.3) is 0 Å². The normalized spacial score (nSPS) is 10.1. The van der Waals surface area contributed by atoms with Crippen molar-refractivity contribution in [1.29, 1.82) is 0 Å². The van der Waals surface area contributed by atoms with Crippen LogP contribution in [0, 0.1) is 5.82 Å². The molecule has 20 heavy (non-hydrogen) atoms. The van der Waals surface area contributed by atoms with Gasteiger partial charge >= 0.3 is 5.97 Å². The van der Waals surface area contributed by atoms with Crippen LogP contribution in [-0.4, -0.2) is 13.1 Å². The van der Waals surface area contributed by atoms with E-state index in [1.165, 1.54) is 25.3 Å². The Morgan fingerprint density at radius 3 is 2.75 bits per heavy atom. The molecule has 2 rings (SSSR count). The van der Waals surface area contributed by atoms with Crippen molar-refractivity contribution in [1.82, 2.24) is 0 Å². The van der Waals surface area contributed by atoms with Crippen LogP contribution >= 0.6 is 0 Å². The van der Waals surface area contributed by atoms with Crippen molar-refractivity contribution in [3.8, 4) is 5.75 Å². The number of hydrogen-bond donors (Lipinski definition) is 1. The number of benzene rings is 2. The molecule has 0 aliphatic rings. The molecule has 0 aliphatic heterocycles. The lowest BCUT2D eigenvalue weighted by Gasteiger charge is -2.08. The molecule has 104 valence electrons. The van der Waals surface area contributed by atoms with Crippen molar-refractivity contribution >= 4 is 11.7 Å². The third-order valence-corrected chi connectivity index (χ3v) is 2.74. The van der Waals surface area contributed by atoms with Gasteiger partial charge in [0, 0.05) is 5.69 Å². The Kier molecular flexibility index (Phi) is 4.20. The van der Waals surface area contributed by atoms with Crippen LogP contribution in [0.25, 0.3) is 0 Å². The maximum absolute atomic E-state index is 13.0. The zero-order chi connectivity index (χ0) is 14.5. The number of nitrogen functional groups attached to an aromatic ring is 1. The Hall–Kier alpha value is -2.56. The first-order valence-corrected chi connectivity index (χ1v) is 5.95. The Bertz CT molecular complexity index is 628. The van der Waals surface area contributed by atoms with Gasteiger partial charge in [-0.15, -0.1) is 0 Å². The summed E-state index contributed by atoms with van der Waals surface area (Å²) in [7, 11) is 1.49. The Morgan fingerprint density at radius 2 is 2.05 bits per heavy atom. The molecule has 2 N–H and O–H groups in total. The summed E-state index contributed by atoms with van der Waals surface area (Å²) in [4.78, 5) is 11.9. The molecule has 2 aromatic carbocycles. The summed E-state index contributed by atoms with van der Waals surface area (Å²) in [6.45, 7) is -0.0206. The zero-order valence-corrected chi connectivity index (χ0v) is 10.9. The molecule has 0 bridgehead atoms. The van der Waals surface area contributed by atoms with Crippen LogP contribution in [0.4, 0.5) is 10.1 Å². The lowest BCUT2D eigenvalue weighted by Crippen LogP contribution is -2.08. The highest BCUT2D eigenvalue weighted by molar-refractivity contribution is 5.95. The maximum atomic E-state index is 13.0. The van der Waals surface area contributed by atoms with Crippen molar-refractivity contribution in [2.45, 2.75) is 6.61 Å². The average Bonchev–Trinajstić information content (AvgIpc) is 2.45.